The number of hydrogen-bond acceptors (Lipinski definition) is 9. The number of fused-ring (bicyclic) bond motifs is 1. The molecule has 0 aliphatic carbocycles. The molecule has 1 unspecified atom stereocenters. The molecule has 1 aliphatic heterocycles. The monoisotopic (exact) mass is 517 g/mol. The molecular weight excluding hydrogens is 482 g/mol. The normalized spacial score (nSPS) is 14.7. The number of anilines is 1. The van der Waals surface area contributed by atoms with Gasteiger partial charge in [-0.15, -0.1) is 5.10 Å². The van der Waals surface area contributed by atoms with E-state index in [9.17, 15) is 9.59 Å². The first kappa shape index (κ1) is 27.4. The number of rotatable bonds is 12. The second-order valence-electron chi connectivity index (χ2n) is 8.19. The van der Waals surface area contributed by atoms with Gasteiger partial charge in [0.1, 0.15) is 6.04 Å². The second kappa shape index (κ2) is 12.7. The van der Waals surface area contributed by atoms with Crippen LogP contribution in [0.15, 0.2) is 34.6 Å². The topological polar surface area (TPSA) is 108 Å². The van der Waals surface area contributed by atoms with Crippen LogP contribution in [-0.4, -0.2) is 71.2 Å². The Labute approximate surface area is 216 Å². The highest BCUT2D eigenvalue weighted by Gasteiger charge is 2.35. The Balaban J connectivity index is 1.96. The van der Waals surface area contributed by atoms with Crippen molar-refractivity contribution >= 4 is 29.6 Å². The summed E-state index contributed by atoms with van der Waals surface area (Å²) in [6.45, 7) is 8.95. The minimum atomic E-state index is -0.581. The highest BCUT2D eigenvalue weighted by atomic mass is 32.2. The van der Waals surface area contributed by atoms with Crippen molar-refractivity contribution in [2.75, 3.05) is 45.0 Å². The Kier molecular flexibility index (Phi) is 9.63. The van der Waals surface area contributed by atoms with Crippen molar-refractivity contribution in [1.29, 1.82) is 0 Å². The molecule has 1 aromatic heterocycles. The summed E-state index contributed by atoms with van der Waals surface area (Å²) < 4.78 is 18.2. The second-order valence-corrected chi connectivity index (χ2v) is 9.25. The number of ether oxygens (including phenoxy) is 3. The molecule has 196 valence electrons. The lowest BCUT2D eigenvalue weighted by Gasteiger charge is -2.28. The summed E-state index contributed by atoms with van der Waals surface area (Å²) in [6.07, 6.45) is 2.15. The summed E-state index contributed by atoms with van der Waals surface area (Å²) in [6, 6.07) is 4.78. The standard InChI is InChI=1S/C25H35N5O5S/c1-7-10-13-36-25-27-24-26-16(4)21(23(32)34-6)22(30(24)28-25)17-11-12-18(19(14-17)33-5)35-15-20(31)29(8-2)9-3/h11-12,14,22H,7-10,13,15H2,1-6H3,(H,26,27,28). The predicted molar refractivity (Wildman–Crippen MR) is 139 cm³/mol. The zero-order valence-electron chi connectivity index (χ0n) is 21.8. The first-order valence-electron chi connectivity index (χ1n) is 12.1. The average Bonchev–Trinajstić information content (AvgIpc) is 3.29. The van der Waals surface area contributed by atoms with Gasteiger partial charge in [0.25, 0.3) is 5.91 Å². The number of amides is 1. The number of carbonyl (C=O) groups is 2. The predicted octanol–water partition coefficient (Wildman–Crippen LogP) is 3.89. The molecule has 0 spiro atoms. The van der Waals surface area contributed by atoms with E-state index < -0.39 is 12.0 Å². The molecule has 0 radical (unpaired) electrons. The summed E-state index contributed by atoms with van der Waals surface area (Å²) in [5, 5.41) is 8.52. The van der Waals surface area contributed by atoms with Crippen LogP contribution < -0.4 is 14.8 Å². The van der Waals surface area contributed by atoms with Gasteiger partial charge in [-0.3, -0.25) is 4.79 Å². The number of likely N-dealkylation sites (N-methyl/N-ethyl adjacent to an activating group) is 1. The maximum atomic E-state index is 12.8. The first-order chi connectivity index (χ1) is 17.4. The van der Waals surface area contributed by atoms with Crippen LogP contribution in [0.3, 0.4) is 0 Å². The Morgan fingerprint density at radius 3 is 2.56 bits per heavy atom. The zero-order valence-corrected chi connectivity index (χ0v) is 22.6. The van der Waals surface area contributed by atoms with Gasteiger partial charge in [0, 0.05) is 24.5 Å². The van der Waals surface area contributed by atoms with E-state index in [-0.39, 0.29) is 12.5 Å². The molecule has 11 heteroatoms. The van der Waals surface area contributed by atoms with Crippen molar-refractivity contribution in [2.45, 2.75) is 51.7 Å². The number of benzene rings is 1. The van der Waals surface area contributed by atoms with Gasteiger partial charge >= 0.3 is 5.97 Å². The summed E-state index contributed by atoms with van der Waals surface area (Å²) in [4.78, 5) is 31.5. The van der Waals surface area contributed by atoms with Gasteiger partial charge in [-0.2, -0.15) is 4.98 Å². The third-order valence-corrected chi connectivity index (χ3v) is 6.86. The molecule has 1 aliphatic rings. The number of methoxy groups -OCH3 is 2. The van der Waals surface area contributed by atoms with E-state index in [1.165, 1.54) is 14.2 Å². The lowest BCUT2D eigenvalue weighted by Crippen LogP contribution is -2.34. The highest BCUT2D eigenvalue weighted by Crippen LogP contribution is 2.39. The number of allylic oxidation sites excluding steroid dienone is 1. The molecule has 36 heavy (non-hydrogen) atoms. The average molecular weight is 518 g/mol. The van der Waals surface area contributed by atoms with E-state index in [2.05, 4.69) is 17.2 Å². The molecule has 1 amide bonds. The van der Waals surface area contributed by atoms with Gasteiger partial charge < -0.3 is 24.4 Å². The fourth-order valence-corrected chi connectivity index (χ4v) is 4.88. The number of carbonyl (C=O) groups excluding carboxylic acids is 2. The Morgan fingerprint density at radius 2 is 1.92 bits per heavy atom. The molecule has 3 rings (SSSR count). The van der Waals surface area contributed by atoms with Gasteiger partial charge in [0.2, 0.25) is 11.1 Å². The SMILES string of the molecule is CCCCSc1nc2n(n1)C(c1ccc(OCC(=O)N(CC)CC)c(OC)c1)C(C(=O)OC)=C(C)N2. The molecule has 0 saturated heterocycles. The van der Waals surface area contributed by atoms with E-state index >= 15 is 0 Å². The Morgan fingerprint density at radius 1 is 1.17 bits per heavy atom. The van der Waals surface area contributed by atoms with Crippen LogP contribution >= 0.6 is 11.8 Å². The summed E-state index contributed by atoms with van der Waals surface area (Å²) in [7, 11) is 2.89. The molecule has 2 heterocycles. The van der Waals surface area contributed by atoms with Crippen LogP contribution in [0.4, 0.5) is 5.95 Å². The van der Waals surface area contributed by atoms with Gasteiger partial charge in [-0.25, -0.2) is 9.48 Å². The fourth-order valence-electron chi connectivity index (χ4n) is 3.96. The number of thioether (sulfide) groups is 1. The molecule has 1 aromatic carbocycles. The van der Waals surface area contributed by atoms with E-state index in [1.807, 2.05) is 26.8 Å². The zero-order chi connectivity index (χ0) is 26.2. The smallest absolute Gasteiger partial charge is 0.338 e. The molecule has 10 nitrogen and oxygen atoms in total. The number of nitrogens with one attached hydrogen (secondary N) is 1. The summed E-state index contributed by atoms with van der Waals surface area (Å²) >= 11 is 1.58. The molecule has 0 fully saturated rings. The Hall–Kier alpha value is -3.21. The van der Waals surface area contributed by atoms with Crippen LogP contribution in [0.1, 0.15) is 52.1 Å². The summed E-state index contributed by atoms with van der Waals surface area (Å²) in [5.41, 5.74) is 1.81. The maximum absolute atomic E-state index is 12.8. The van der Waals surface area contributed by atoms with Crippen molar-refractivity contribution in [1.82, 2.24) is 19.7 Å². The van der Waals surface area contributed by atoms with Crippen LogP contribution in [0.5, 0.6) is 11.5 Å². The minimum Gasteiger partial charge on any atom is -0.493 e. The number of aromatic nitrogens is 3. The fraction of sp³-hybridized carbons (Fsp3) is 0.520. The molecule has 1 N–H and O–H groups in total. The number of esters is 1. The van der Waals surface area contributed by atoms with E-state index in [0.717, 1.165) is 24.2 Å². The largest absolute Gasteiger partial charge is 0.493 e. The number of nitrogens with zero attached hydrogens (tertiary/aromatic N) is 4. The van der Waals surface area contributed by atoms with E-state index in [4.69, 9.17) is 19.3 Å². The highest BCUT2D eigenvalue weighted by molar-refractivity contribution is 7.99. The van der Waals surface area contributed by atoms with Crippen molar-refractivity contribution in [3.05, 3.63) is 35.0 Å². The third-order valence-electron chi connectivity index (χ3n) is 5.94. The van der Waals surface area contributed by atoms with Crippen LogP contribution in [0, 0.1) is 0 Å². The van der Waals surface area contributed by atoms with Crippen molar-refractivity contribution in [3.63, 3.8) is 0 Å². The maximum Gasteiger partial charge on any atom is 0.338 e. The molecule has 1 atom stereocenters. The van der Waals surface area contributed by atoms with Crippen molar-refractivity contribution < 1.29 is 23.8 Å². The molecule has 2 aromatic rings. The first-order valence-corrected chi connectivity index (χ1v) is 13.1. The third kappa shape index (κ3) is 5.95. The van der Waals surface area contributed by atoms with Gasteiger partial charge in [0.05, 0.1) is 19.8 Å². The lowest BCUT2D eigenvalue weighted by atomic mass is 9.95. The van der Waals surface area contributed by atoms with Crippen LogP contribution in [0.25, 0.3) is 0 Å². The van der Waals surface area contributed by atoms with Crippen molar-refractivity contribution in [3.8, 4) is 11.5 Å². The van der Waals surface area contributed by atoms with Gasteiger partial charge in [-0.05, 0) is 44.9 Å². The number of unbranched alkanes of at least 4 members (excludes halogenated alkanes) is 1. The van der Waals surface area contributed by atoms with Crippen molar-refractivity contribution in [2.24, 2.45) is 0 Å². The van der Waals surface area contributed by atoms with E-state index in [0.29, 0.717) is 47.0 Å². The van der Waals surface area contributed by atoms with Gasteiger partial charge in [0.15, 0.2) is 18.1 Å². The lowest BCUT2D eigenvalue weighted by molar-refractivity contribution is -0.136. The molecule has 0 bridgehead atoms. The van der Waals surface area contributed by atoms with Crippen LogP contribution in [-0.2, 0) is 14.3 Å². The Bertz CT molecular complexity index is 1110. The van der Waals surface area contributed by atoms with E-state index in [1.54, 1.807) is 33.5 Å². The minimum absolute atomic E-state index is 0.0945. The molecular formula is C25H35N5O5S. The van der Waals surface area contributed by atoms with Gasteiger partial charge in [-0.1, -0.05) is 31.2 Å². The molecule has 0 saturated carbocycles. The quantitative estimate of drug-likeness (QED) is 0.255. The van der Waals surface area contributed by atoms with Crippen LogP contribution in [0.2, 0.25) is 0 Å². The summed E-state index contributed by atoms with van der Waals surface area (Å²) in [5.74, 6) is 1.78. The number of hydrogen-bond donors (Lipinski definition) is 1.